The van der Waals surface area contributed by atoms with Crippen molar-refractivity contribution in [3.05, 3.63) is 57.2 Å². The zero-order chi connectivity index (χ0) is 17.8. The molecule has 0 aliphatic rings. The molecule has 0 amide bonds. The minimum Gasteiger partial charge on any atom is -0.299 e. The number of hydrogen-bond donors (Lipinski definition) is 0. The molecule has 0 N–H and O–H groups in total. The highest BCUT2D eigenvalue weighted by Crippen LogP contribution is 2.25. The summed E-state index contributed by atoms with van der Waals surface area (Å²) >= 11 is 2.91. The molecule has 0 bridgehead atoms. The predicted molar refractivity (Wildman–Crippen MR) is 105 cm³/mol. The second-order valence-electron chi connectivity index (χ2n) is 5.86. The van der Waals surface area contributed by atoms with Gasteiger partial charge >= 0.3 is 0 Å². The largest absolute Gasteiger partial charge is 0.299 e. The van der Waals surface area contributed by atoms with Gasteiger partial charge in [-0.15, -0.1) is 11.3 Å². The van der Waals surface area contributed by atoms with Gasteiger partial charge < -0.3 is 0 Å². The van der Waals surface area contributed by atoms with Gasteiger partial charge in [0, 0.05) is 11.4 Å². The summed E-state index contributed by atoms with van der Waals surface area (Å²) in [7, 11) is 0. The second-order valence-corrected chi connectivity index (χ2v) is 7.92. The van der Waals surface area contributed by atoms with Gasteiger partial charge in [0.1, 0.15) is 10.6 Å². The number of thioether (sulfide) groups is 1. The van der Waals surface area contributed by atoms with Crippen molar-refractivity contribution in [2.24, 2.45) is 0 Å². The zero-order valence-electron chi connectivity index (χ0n) is 14.3. The van der Waals surface area contributed by atoms with Crippen LogP contribution in [0.3, 0.4) is 0 Å². The van der Waals surface area contributed by atoms with E-state index >= 15 is 0 Å². The maximum atomic E-state index is 13.0. The van der Waals surface area contributed by atoms with Gasteiger partial charge in [0.2, 0.25) is 0 Å². The molecular weight excluding hydrogens is 352 g/mol. The Morgan fingerprint density at radius 3 is 2.72 bits per heavy atom. The first-order chi connectivity index (χ1) is 12.1. The lowest BCUT2D eigenvalue weighted by Crippen LogP contribution is -2.24. The van der Waals surface area contributed by atoms with Crippen LogP contribution in [0.2, 0.25) is 0 Å². The van der Waals surface area contributed by atoms with Crippen LogP contribution in [0.25, 0.3) is 10.2 Å². The highest BCUT2D eigenvalue weighted by molar-refractivity contribution is 7.99. The molecule has 0 fully saturated rings. The van der Waals surface area contributed by atoms with Crippen LogP contribution in [0.15, 0.2) is 46.3 Å². The molecule has 4 nitrogen and oxygen atoms in total. The summed E-state index contributed by atoms with van der Waals surface area (Å²) in [6, 6.07) is 12.0. The number of benzene rings is 1. The van der Waals surface area contributed by atoms with Crippen LogP contribution in [0.4, 0.5) is 0 Å². The van der Waals surface area contributed by atoms with E-state index in [1.165, 1.54) is 17.3 Å². The Labute approximate surface area is 154 Å². The molecular formula is C19H20N2O2S2. The van der Waals surface area contributed by atoms with Gasteiger partial charge in [0.15, 0.2) is 5.16 Å². The summed E-state index contributed by atoms with van der Waals surface area (Å²) in [5.41, 5.74) is 1.17. The van der Waals surface area contributed by atoms with Gasteiger partial charge in [-0.25, -0.2) is 4.98 Å². The number of aromatic nitrogens is 2. The number of carbonyl (C=O) groups is 1. The number of ketones is 1. The summed E-state index contributed by atoms with van der Waals surface area (Å²) < 4.78 is 1.72. The molecule has 0 unspecified atom stereocenters. The number of Topliss-reactive ketones (excluding diaryl/α,β-unsaturated/α-hetero) is 1. The van der Waals surface area contributed by atoms with Crippen LogP contribution in [0.5, 0.6) is 0 Å². The monoisotopic (exact) mass is 372 g/mol. The van der Waals surface area contributed by atoms with Crippen molar-refractivity contribution in [1.82, 2.24) is 9.55 Å². The van der Waals surface area contributed by atoms with Crippen LogP contribution in [0.1, 0.15) is 24.3 Å². The van der Waals surface area contributed by atoms with Gasteiger partial charge in [-0.2, -0.15) is 0 Å². The Balaban J connectivity index is 1.99. The van der Waals surface area contributed by atoms with E-state index in [0.717, 1.165) is 22.5 Å². The third kappa shape index (κ3) is 4.19. The molecule has 0 saturated heterocycles. The first-order valence-corrected chi connectivity index (χ1v) is 10.1. The van der Waals surface area contributed by atoms with E-state index in [4.69, 9.17) is 0 Å². The molecule has 3 rings (SSSR count). The van der Waals surface area contributed by atoms with Gasteiger partial charge in [-0.3, -0.25) is 14.2 Å². The molecule has 6 heteroatoms. The number of fused-ring (bicyclic) bond motifs is 1. The predicted octanol–water partition coefficient (Wildman–Crippen LogP) is 3.94. The quantitative estimate of drug-likeness (QED) is 0.466. The van der Waals surface area contributed by atoms with Gasteiger partial charge in [-0.05, 0) is 31.4 Å². The van der Waals surface area contributed by atoms with Crippen molar-refractivity contribution in [2.75, 3.05) is 5.75 Å². The Morgan fingerprint density at radius 2 is 2.04 bits per heavy atom. The Hall–Kier alpha value is -1.92. The van der Waals surface area contributed by atoms with Crippen molar-refractivity contribution in [2.45, 2.75) is 38.4 Å². The molecule has 0 aliphatic carbocycles. The van der Waals surface area contributed by atoms with E-state index in [0.29, 0.717) is 22.8 Å². The number of rotatable bonds is 7. The van der Waals surface area contributed by atoms with Crippen molar-refractivity contribution in [3.8, 4) is 0 Å². The number of thiophene rings is 1. The fourth-order valence-corrected chi connectivity index (χ4v) is 4.41. The first kappa shape index (κ1) is 17.9. The second kappa shape index (κ2) is 7.97. The van der Waals surface area contributed by atoms with Crippen LogP contribution in [-0.4, -0.2) is 21.1 Å². The van der Waals surface area contributed by atoms with Crippen molar-refractivity contribution in [3.63, 3.8) is 0 Å². The van der Waals surface area contributed by atoms with E-state index in [9.17, 15) is 9.59 Å². The highest BCUT2D eigenvalue weighted by atomic mass is 32.2. The van der Waals surface area contributed by atoms with E-state index in [2.05, 4.69) is 24.0 Å². The molecule has 2 aromatic heterocycles. The van der Waals surface area contributed by atoms with Gasteiger partial charge in [-0.1, -0.05) is 49.0 Å². The molecule has 3 aromatic rings. The minimum atomic E-state index is -0.0112. The summed E-state index contributed by atoms with van der Waals surface area (Å²) in [6.07, 6.45) is 1.65. The third-order valence-electron chi connectivity index (χ3n) is 3.89. The maximum absolute atomic E-state index is 13.0. The first-order valence-electron chi connectivity index (χ1n) is 8.28. The SMILES string of the molecule is CCc1cc2c(=O)n(CCc3ccccc3)c(SCC(C)=O)nc2s1. The summed E-state index contributed by atoms with van der Waals surface area (Å²) in [5, 5.41) is 1.32. The fraction of sp³-hybridized carbons (Fsp3) is 0.316. The average Bonchev–Trinajstić information content (AvgIpc) is 3.03. The average molecular weight is 373 g/mol. The number of nitrogens with zero attached hydrogens (tertiary/aromatic N) is 2. The smallest absolute Gasteiger partial charge is 0.262 e. The fourth-order valence-electron chi connectivity index (χ4n) is 2.58. The van der Waals surface area contributed by atoms with Gasteiger partial charge in [0.25, 0.3) is 5.56 Å². The highest BCUT2D eigenvalue weighted by Gasteiger charge is 2.15. The molecule has 0 spiro atoms. The normalized spacial score (nSPS) is 11.1. The molecule has 25 heavy (non-hydrogen) atoms. The lowest BCUT2D eigenvalue weighted by atomic mass is 10.1. The minimum absolute atomic E-state index is 0.0112. The molecule has 0 saturated carbocycles. The Kier molecular flexibility index (Phi) is 5.71. The van der Waals surface area contributed by atoms with Crippen LogP contribution >= 0.6 is 23.1 Å². The van der Waals surface area contributed by atoms with E-state index in [1.54, 1.807) is 22.8 Å². The van der Waals surface area contributed by atoms with E-state index < -0.39 is 0 Å². The number of carbonyl (C=O) groups excluding carboxylic acids is 1. The standard InChI is InChI=1S/C19H20N2O2S2/c1-3-15-11-16-17(25-15)20-19(24-12-13(2)22)21(18(16)23)10-9-14-7-5-4-6-8-14/h4-8,11H,3,9-10,12H2,1-2H3. The maximum Gasteiger partial charge on any atom is 0.262 e. The lowest BCUT2D eigenvalue weighted by Gasteiger charge is -2.11. The van der Waals surface area contributed by atoms with Crippen molar-refractivity contribution >= 4 is 39.1 Å². The molecule has 0 radical (unpaired) electrons. The Bertz CT molecular complexity index is 945. The molecule has 130 valence electrons. The summed E-state index contributed by atoms with van der Waals surface area (Å²) in [6.45, 7) is 4.19. The van der Waals surface area contributed by atoms with Crippen molar-refractivity contribution < 1.29 is 4.79 Å². The van der Waals surface area contributed by atoms with Crippen LogP contribution in [-0.2, 0) is 24.2 Å². The van der Waals surface area contributed by atoms with Gasteiger partial charge in [0.05, 0.1) is 11.1 Å². The lowest BCUT2D eigenvalue weighted by molar-refractivity contribution is -0.114. The third-order valence-corrected chi connectivity index (χ3v) is 6.18. The number of hydrogen-bond acceptors (Lipinski definition) is 5. The van der Waals surface area contributed by atoms with Crippen LogP contribution in [0, 0.1) is 0 Å². The van der Waals surface area contributed by atoms with E-state index in [1.807, 2.05) is 24.3 Å². The zero-order valence-corrected chi connectivity index (χ0v) is 16.0. The molecule has 1 aromatic carbocycles. The molecule has 2 heterocycles. The summed E-state index contributed by atoms with van der Waals surface area (Å²) in [5.74, 6) is 0.407. The molecule has 0 atom stereocenters. The topological polar surface area (TPSA) is 52.0 Å². The summed E-state index contributed by atoms with van der Waals surface area (Å²) in [4.78, 5) is 31.0. The van der Waals surface area contributed by atoms with Crippen LogP contribution < -0.4 is 5.56 Å². The van der Waals surface area contributed by atoms with Crippen molar-refractivity contribution in [1.29, 1.82) is 0 Å². The van der Waals surface area contributed by atoms with E-state index in [-0.39, 0.29) is 11.3 Å². The number of aryl methyl sites for hydroxylation is 2. The Morgan fingerprint density at radius 1 is 1.28 bits per heavy atom. The molecule has 0 aliphatic heterocycles.